The molecule has 0 unspecified atom stereocenters. The third kappa shape index (κ3) is 4.65. The maximum Gasteiger partial charge on any atom is 0.0919 e. The smallest absolute Gasteiger partial charge is 0.0650 e. The Bertz CT molecular complexity index is 841. The molecule has 0 spiro atoms. The highest BCUT2D eigenvalue weighted by atomic mass is 31.1. The van der Waals surface area contributed by atoms with Crippen molar-refractivity contribution in [1.29, 1.82) is 0 Å². The van der Waals surface area contributed by atoms with E-state index >= 15 is 0 Å². The standard InChI is InChI=1S/C26H32PSi/c1-19(2)28(20(3)4)26-10-8-7-9-25(26)27(23-15-11-21(5)12-16-23)24-17-13-22(6)14-18-24/h7-20H,1-6H3. The molecule has 0 fully saturated rings. The van der Waals surface area contributed by atoms with Crippen LogP contribution in [0.5, 0.6) is 0 Å². The van der Waals surface area contributed by atoms with Crippen molar-refractivity contribution in [3.05, 3.63) is 83.9 Å². The van der Waals surface area contributed by atoms with E-state index in [0.717, 1.165) is 11.1 Å². The van der Waals surface area contributed by atoms with Gasteiger partial charge in [-0.25, -0.2) is 0 Å². The SMILES string of the molecule is Cc1ccc(P(c2ccc(C)cc2)c2ccccc2[Si](C(C)C)C(C)C)cc1. The van der Waals surface area contributed by atoms with Gasteiger partial charge in [0.1, 0.15) is 0 Å². The van der Waals surface area contributed by atoms with E-state index < -0.39 is 16.7 Å². The van der Waals surface area contributed by atoms with Gasteiger partial charge in [0, 0.05) is 0 Å². The van der Waals surface area contributed by atoms with Crippen LogP contribution in [-0.2, 0) is 0 Å². The van der Waals surface area contributed by atoms with Gasteiger partial charge >= 0.3 is 0 Å². The molecule has 1 radical (unpaired) electrons. The molecule has 3 rings (SSSR count). The monoisotopic (exact) mass is 403 g/mol. The number of hydrogen-bond acceptors (Lipinski definition) is 0. The Balaban J connectivity index is 2.21. The van der Waals surface area contributed by atoms with E-state index in [1.165, 1.54) is 21.7 Å². The van der Waals surface area contributed by atoms with Crippen molar-refractivity contribution in [3.8, 4) is 0 Å². The summed E-state index contributed by atoms with van der Waals surface area (Å²) in [6.45, 7) is 14.0. The highest BCUT2D eigenvalue weighted by Gasteiger charge is 2.28. The van der Waals surface area contributed by atoms with Crippen LogP contribution in [0.3, 0.4) is 0 Å². The maximum absolute atomic E-state index is 2.42. The van der Waals surface area contributed by atoms with E-state index in [-0.39, 0.29) is 0 Å². The van der Waals surface area contributed by atoms with E-state index in [0.29, 0.717) is 0 Å². The van der Waals surface area contributed by atoms with Crippen LogP contribution in [0, 0.1) is 13.8 Å². The van der Waals surface area contributed by atoms with E-state index in [2.05, 4.69) is 114 Å². The minimum absolute atomic E-state index is 0.548. The lowest BCUT2D eigenvalue weighted by molar-refractivity contribution is 0.952. The first-order valence-corrected chi connectivity index (χ1v) is 13.3. The molecule has 0 N–H and O–H groups in total. The molecule has 0 nitrogen and oxygen atoms in total. The number of aryl methyl sites for hydroxylation is 2. The fraction of sp³-hybridized carbons (Fsp3) is 0.308. The Morgan fingerprint density at radius 3 is 1.46 bits per heavy atom. The summed E-state index contributed by atoms with van der Waals surface area (Å²) in [6.07, 6.45) is 0. The van der Waals surface area contributed by atoms with Gasteiger partial charge in [0.2, 0.25) is 0 Å². The summed E-state index contributed by atoms with van der Waals surface area (Å²) < 4.78 is 0. The van der Waals surface area contributed by atoms with E-state index in [4.69, 9.17) is 0 Å². The molecule has 3 aromatic rings. The van der Waals surface area contributed by atoms with E-state index in [9.17, 15) is 0 Å². The molecule has 0 saturated carbocycles. The van der Waals surface area contributed by atoms with Crippen molar-refractivity contribution in [2.45, 2.75) is 52.6 Å². The van der Waals surface area contributed by atoms with Gasteiger partial charge in [-0.05, 0) is 48.8 Å². The average Bonchev–Trinajstić information content (AvgIpc) is 2.66. The first-order valence-electron chi connectivity index (χ1n) is 10.3. The van der Waals surface area contributed by atoms with Gasteiger partial charge in [-0.1, -0.05) is 117 Å². The van der Waals surface area contributed by atoms with Gasteiger partial charge in [-0.15, -0.1) is 0 Å². The normalized spacial score (nSPS) is 11.8. The molecule has 0 atom stereocenters. The van der Waals surface area contributed by atoms with Crippen LogP contribution >= 0.6 is 7.92 Å². The predicted molar refractivity (Wildman–Crippen MR) is 130 cm³/mol. The number of hydrogen-bond donors (Lipinski definition) is 0. The number of rotatable bonds is 6. The topological polar surface area (TPSA) is 0 Å². The lowest BCUT2D eigenvalue weighted by Crippen LogP contribution is -2.45. The Morgan fingerprint density at radius 1 is 0.607 bits per heavy atom. The Morgan fingerprint density at radius 2 is 1.04 bits per heavy atom. The van der Waals surface area contributed by atoms with Gasteiger partial charge in [0.05, 0.1) is 8.80 Å². The Labute approximate surface area is 174 Å². The second-order valence-electron chi connectivity index (χ2n) is 8.29. The van der Waals surface area contributed by atoms with Gasteiger partial charge < -0.3 is 0 Å². The summed E-state index contributed by atoms with van der Waals surface area (Å²) in [7, 11) is -1.19. The maximum atomic E-state index is 2.42. The molecule has 0 amide bonds. The van der Waals surface area contributed by atoms with Crippen LogP contribution in [0.1, 0.15) is 38.8 Å². The highest BCUT2D eigenvalue weighted by molar-refractivity contribution is 7.80. The first-order chi connectivity index (χ1) is 13.4. The predicted octanol–water partition coefficient (Wildman–Crippen LogP) is 5.58. The molecule has 0 aromatic heterocycles. The second-order valence-corrected chi connectivity index (χ2v) is 14.2. The summed E-state index contributed by atoms with van der Waals surface area (Å²) in [5, 5.41) is 6.09. The van der Waals surface area contributed by atoms with Gasteiger partial charge in [0.15, 0.2) is 0 Å². The molecule has 0 aliphatic carbocycles. The zero-order valence-corrected chi connectivity index (χ0v) is 19.9. The van der Waals surface area contributed by atoms with Gasteiger partial charge in [-0.2, -0.15) is 0 Å². The van der Waals surface area contributed by atoms with Crippen molar-refractivity contribution in [2.75, 3.05) is 0 Å². The van der Waals surface area contributed by atoms with Crippen molar-refractivity contribution in [1.82, 2.24) is 0 Å². The van der Waals surface area contributed by atoms with Crippen LogP contribution in [-0.4, -0.2) is 8.80 Å². The first kappa shape index (κ1) is 21.0. The quantitative estimate of drug-likeness (QED) is 0.372. The lowest BCUT2D eigenvalue weighted by Gasteiger charge is -2.29. The average molecular weight is 404 g/mol. The Kier molecular flexibility index (Phi) is 6.91. The molecular weight excluding hydrogens is 371 g/mol. The van der Waals surface area contributed by atoms with E-state index in [1.54, 1.807) is 10.5 Å². The summed E-state index contributed by atoms with van der Waals surface area (Å²) in [6, 6.07) is 27.7. The van der Waals surface area contributed by atoms with Gasteiger partial charge in [0.25, 0.3) is 0 Å². The van der Waals surface area contributed by atoms with Crippen molar-refractivity contribution in [2.24, 2.45) is 0 Å². The Hall–Kier alpha value is -1.69. The zero-order valence-electron chi connectivity index (χ0n) is 18.0. The fourth-order valence-electron chi connectivity index (χ4n) is 4.02. The van der Waals surface area contributed by atoms with Crippen LogP contribution in [0.4, 0.5) is 0 Å². The number of benzene rings is 3. The van der Waals surface area contributed by atoms with Crippen molar-refractivity contribution < 1.29 is 0 Å². The summed E-state index contributed by atoms with van der Waals surface area (Å²) in [5.41, 5.74) is 4.09. The molecule has 0 bridgehead atoms. The molecule has 0 aliphatic rings. The summed E-state index contributed by atoms with van der Waals surface area (Å²) in [5.74, 6) is 0. The molecule has 0 aliphatic heterocycles. The minimum Gasteiger partial charge on any atom is -0.0650 e. The molecule has 2 heteroatoms. The molecule has 3 aromatic carbocycles. The van der Waals surface area contributed by atoms with Crippen LogP contribution in [0.25, 0.3) is 0 Å². The largest absolute Gasteiger partial charge is 0.0919 e. The fourth-order valence-corrected chi connectivity index (χ4v) is 10.3. The third-order valence-corrected chi connectivity index (χ3v) is 11.5. The third-order valence-electron chi connectivity index (χ3n) is 5.28. The second kappa shape index (κ2) is 9.20. The highest BCUT2D eigenvalue weighted by Crippen LogP contribution is 2.33. The molecule has 0 heterocycles. The molecular formula is C26H32PSi. The minimum atomic E-state index is -0.644. The lowest BCUT2D eigenvalue weighted by atomic mass is 10.2. The van der Waals surface area contributed by atoms with Crippen LogP contribution in [0.2, 0.25) is 11.1 Å². The summed E-state index contributed by atoms with van der Waals surface area (Å²) in [4.78, 5) is 0. The van der Waals surface area contributed by atoms with E-state index in [1.807, 2.05) is 0 Å². The van der Waals surface area contributed by atoms with Crippen molar-refractivity contribution >= 4 is 37.8 Å². The molecule has 0 saturated heterocycles. The van der Waals surface area contributed by atoms with Crippen LogP contribution < -0.4 is 21.1 Å². The molecule has 28 heavy (non-hydrogen) atoms. The summed E-state index contributed by atoms with van der Waals surface area (Å²) >= 11 is 0. The zero-order chi connectivity index (χ0) is 20.3. The van der Waals surface area contributed by atoms with Gasteiger partial charge in [-0.3, -0.25) is 0 Å². The van der Waals surface area contributed by atoms with Crippen molar-refractivity contribution in [3.63, 3.8) is 0 Å². The molecule has 145 valence electrons. The van der Waals surface area contributed by atoms with Crippen LogP contribution in [0.15, 0.2) is 72.8 Å².